The number of hydrogen-bond donors (Lipinski definition) is 2. The fourth-order valence-electron chi connectivity index (χ4n) is 9.24. The number of benzene rings is 4. The van der Waals surface area contributed by atoms with Crippen LogP contribution in [-0.2, 0) is 48.6 Å². The number of hydrogen-bond acceptors (Lipinski definition) is 7. The molecule has 1 saturated heterocycles. The molecule has 2 N–H and O–H groups in total. The fourth-order valence-corrected chi connectivity index (χ4v) is 9.24. The Morgan fingerprint density at radius 2 is 1.55 bits per heavy atom. The molecule has 4 aliphatic heterocycles. The zero-order valence-electron chi connectivity index (χ0n) is 32.9. The lowest BCUT2D eigenvalue weighted by Crippen LogP contribution is -2.52. The van der Waals surface area contributed by atoms with E-state index in [9.17, 15) is 14.7 Å². The zero-order chi connectivity index (χ0) is 39.8. The van der Waals surface area contributed by atoms with Crippen molar-refractivity contribution in [3.63, 3.8) is 0 Å². The maximum absolute atomic E-state index is 15.5. The molecular formula is C47H49N5O6. The quantitative estimate of drug-likeness (QED) is 0.163. The molecule has 5 aromatic rings. The van der Waals surface area contributed by atoms with E-state index in [2.05, 4.69) is 43.9 Å². The van der Waals surface area contributed by atoms with Crippen LogP contribution in [0, 0.1) is 6.92 Å². The number of phenolic OH excluding ortho intramolecular Hbond substituents is 1. The van der Waals surface area contributed by atoms with E-state index in [1.54, 1.807) is 29.2 Å². The second kappa shape index (κ2) is 16.2. The first-order valence-corrected chi connectivity index (χ1v) is 20.4. The average molecular weight is 780 g/mol. The van der Waals surface area contributed by atoms with Crippen LogP contribution in [0.5, 0.6) is 11.5 Å². The number of ether oxygens (including phenoxy) is 2. The molecule has 1 aromatic heterocycles. The van der Waals surface area contributed by atoms with E-state index in [4.69, 9.17) is 9.47 Å². The zero-order valence-corrected chi connectivity index (χ0v) is 32.9. The Morgan fingerprint density at radius 3 is 2.33 bits per heavy atom. The Bertz CT molecular complexity index is 2350. The van der Waals surface area contributed by atoms with Crippen LogP contribution in [0.4, 0.5) is 5.69 Å². The van der Waals surface area contributed by atoms with Crippen molar-refractivity contribution in [2.75, 3.05) is 44.8 Å². The van der Waals surface area contributed by atoms with Crippen LogP contribution in [0.1, 0.15) is 67.1 Å². The van der Waals surface area contributed by atoms with Crippen LogP contribution < -0.4 is 10.1 Å². The van der Waals surface area contributed by atoms with E-state index in [1.165, 1.54) is 5.56 Å². The number of aromatic hydroxyl groups is 1. The number of nitrogens with one attached hydrogen (secondary N) is 1. The highest BCUT2D eigenvalue weighted by atomic mass is 16.5. The Hall–Kier alpha value is -5.91. The summed E-state index contributed by atoms with van der Waals surface area (Å²) in [5, 5.41) is 12.9. The van der Waals surface area contributed by atoms with Crippen molar-refractivity contribution >= 4 is 23.4 Å². The Morgan fingerprint density at radius 1 is 0.828 bits per heavy atom. The average Bonchev–Trinajstić information content (AvgIpc) is 3.81. The van der Waals surface area contributed by atoms with Gasteiger partial charge in [-0.1, -0.05) is 42.5 Å². The van der Waals surface area contributed by atoms with Gasteiger partial charge in [-0.2, -0.15) is 0 Å². The smallest absolute Gasteiger partial charge is 0.261 e. The van der Waals surface area contributed by atoms with Crippen molar-refractivity contribution < 1.29 is 29.0 Å². The van der Waals surface area contributed by atoms with Gasteiger partial charge in [0.15, 0.2) is 6.61 Å². The summed E-state index contributed by atoms with van der Waals surface area (Å²) in [5.41, 5.74) is 9.56. The van der Waals surface area contributed by atoms with E-state index < -0.39 is 0 Å². The SMILES string of the molecule is Cc1c(C(=O)Nc2ccc(O)cc2)c2n(c1-c1cc3c(cc1C(=O)N1Cc4ccccc4C[C@H]1CN1CCOCC1)CN(C(=O)COc1ccccc1)C3)CCCC2. The highest BCUT2D eigenvalue weighted by molar-refractivity contribution is 6.09. The molecule has 298 valence electrons. The predicted octanol–water partition coefficient (Wildman–Crippen LogP) is 6.58. The van der Waals surface area contributed by atoms with E-state index in [-0.39, 0.29) is 36.1 Å². The Balaban J connectivity index is 1.12. The number of morpholine rings is 1. The summed E-state index contributed by atoms with van der Waals surface area (Å²) in [6.45, 7) is 7.64. The minimum Gasteiger partial charge on any atom is -0.508 e. The summed E-state index contributed by atoms with van der Waals surface area (Å²) in [5.74, 6) is 0.361. The molecule has 1 fully saturated rings. The molecule has 5 heterocycles. The van der Waals surface area contributed by atoms with Gasteiger partial charge in [0.2, 0.25) is 0 Å². The van der Waals surface area contributed by atoms with Crippen molar-refractivity contribution in [1.82, 2.24) is 19.3 Å². The van der Waals surface area contributed by atoms with Crippen molar-refractivity contribution in [2.24, 2.45) is 0 Å². The van der Waals surface area contributed by atoms with Crippen molar-refractivity contribution in [3.05, 3.63) is 136 Å². The van der Waals surface area contributed by atoms with Gasteiger partial charge in [0, 0.05) is 74.4 Å². The third kappa shape index (κ3) is 7.47. The molecule has 0 unspecified atom stereocenters. The third-order valence-corrected chi connectivity index (χ3v) is 12.2. The first-order valence-electron chi connectivity index (χ1n) is 20.4. The van der Waals surface area contributed by atoms with Gasteiger partial charge in [-0.25, -0.2) is 0 Å². The third-order valence-electron chi connectivity index (χ3n) is 12.2. The Kier molecular flexibility index (Phi) is 10.5. The summed E-state index contributed by atoms with van der Waals surface area (Å²) < 4.78 is 13.8. The first-order chi connectivity index (χ1) is 28.3. The van der Waals surface area contributed by atoms with Gasteiger partial charge in [-0.15, -0.1) is 0 Å². The lowest BCUT2D eigenvalue weighted by Gasteiger charge is -2.40. The number of nitrogens with zero attached hydrogens (tertiary/aromatic N) is 4. The van der Waals surface area contributed by atoms with Crippen LogP contribution in [0.2, 0.25) is 0 Å². The van der Waals surface area contributed by atoms with Crippen molar-refractivity contribution in [2.45, 2.75) is 64.8 Å². The minimum atomic E-state index is -0.220. The molecule has 0 aliphatic carbocycles. The number of anilines is 1. The number of para-hydroxylation sites is 1. The fraction of sp³-hybridized carbons (Fsp3) is 0.340. The molecule has 1 atom stereocenters. The van der Waals surface area contributed by atoms with Crippen LogP contribution in [0.25, 0.3) is 11.3 Å². The number of amides is 3. The van der Waals surface area contributed by atoms with Crippen molar-refractivity contribution in [3.8, 4) is 22.8 Å². The molecule has 4 aliphatic rings. The van der Waals surface area contributed by atoms with Gasteiger partial charge in [-0.3, -0.25) is 19.3 Å². The molecule has 0 bridgehead atoms. The number of phenols is 1. The number of carbonyl (C=O) groups excluding carboxylic acids is 3. The van der Waals surface area contributed by atoms with Gasteiger partial charge >= 0.3 is 0 Å². The number of fused-ring (bicyclic) bond motifs is 3. The van der Waals surface area contributed by atoms with E-state index >= 15 is 4.79 Å². The summed E-state index contributed by atoms with van der Waals surface area (Å²) in [6.07, 6.45) is 3.40. The molecule has 11 heteroatoms. The van der Waals surface area contributed by atoms with E-state index in [0.717, 1.165) is 91.1 Å². The second-order valence-electron chi connectivity index (χ2n) is 15.9. The van der Waals surface area contributed by atoms with Gasteiger partial charge < -0.3 is 34.3 Å². The second-order valence-corrected chi connectivity index (χ2v) is 15.9. The Labute approximate surface area is 338 Å². The van der Waals surface area contributed by atoms with Gasteiger partial charge in [0.05, 0.1) is 24.5 Å². The van der Waals surface area contributed by atoms with Crippen LogP contribution in [0.3, 0.4) is 0 Å². The van der Waals surface area contributed by atoms with Gasteiger partial charge in [0.25, 0.3) is 17.7 Å². The predicted molar refractivity (Wildman–Crippen MR) is 221 cm³/mol. The molecule has 4 aromatic carbocycles. The molecule has 9 rings (SSSR count). The largest absolute Gasteiger partial charge is 0.508 e. The molecule has 0 spiro atoms. The standard InChI is InChI=1S/C47H49N5O6/c1-31-44(46(55)48-36-14-16-38(53)17-15-36)42-13-7-8-18-51(42)45(31)40-24-34-26-50(43(54)30-58-39-11-3-2-4-12-39)27-35(34)25-41(40)47(56)52-28-33-10-6-5-9-32(33)23-37(52)29-49-19-21-57-22-20-49/h2-6,9-12,14-17,24-25,37,53H,7-8,13,18-23,26-30H2,1H3,(H,48,55)/t37-/m0/s1. The monoisotopic (exact) mass is 779 g/mol. The minimum absolute atomic E-state index is 0.0520. The topological polar surface area (TPSA) is 117 Å². The maximum atomic E-state index is 15.5. The van der Waals surface area contributed by atoms with Crippen LogP contribution in [-0.4, -0.2) is 87.6 Å². The van der Waals surface area contributed by atoms with Crippen LogP contribution >= 0.6 is 0 Å². The summed E-state index contributed by atoms with van der Waals surface area (Å²) in [6, 6.07) is 28.3. The molecule has 58 heavy (non-hydrogen) atoms. The maximum Gasteiger partial charge on any atom is 0.261 e. The highest BCUT2D eigenvalue weighted by Gasteiger charge is 2.37. The molecule has 0 radical (unpaired) electrons. The van der Waals surface area contributed by atoms with Gasteiger partial charge in [0.1, 0.15) is 11.5 Å². The normalized spacial score (nSPS) is 17.6. The van der Waals surface area contributed by atoms with Crippen LogP contribution in [0.15, 0.2) is 91.0 Å². The highest BCUT2D eigenvalue weighted by Crippen LogP contribution is 2.41. The lowest BCUT2D eigenvalue weighted by atomic mass is 9.90. The van der Waals surface area contributed by atoms with E-state index in [1.807, 2.05) is 49.4 Å². The molecule has 11 nitrogen and oxygen atoms in total. The summed E-state index contributed by atoms with van der Waals surface area (Å²) in [4.78, 5) is 49.5. The lowest BCUT2D eigenvalue weighted by molar-refractivity contribution is -0.134. The van der Waals surface area contributed by atoms with Gasteiger partial charge in [-0.05, 0) is 109 Å². The molecular weight excluding hydrogens is 731 g/mol. The molecule has 3 amide bonds. The van der Waals surface area contributed by atoms with E-state index in [0.29, 0.717) is 55.4 Å². The first kappa shape index (κ1) is 37.7. The van der Waals surface area contributed by atoms with Crippen molar-refractivity contribution in [1.29, 1.82) is 0 Å². The number of rotatable bonds is 9. The summed E-state index contributed by atoms with van der Waals surface area (Å²) in [7, 11) is 0. The summed E-state index contributed by atoms with van der Waals surface area (Å²) >= 11 is 0. The number of aromatic nitrogens is 1. The number of carbonyl (C=O) groups is 3. The molecule has 0 saturated carbocycles.